The molecular formula is C17H29N. The topological polar surface area (TPSA) is 12.0 Å². The first kappa shape index (κ1) is 15.2. The molecule has 1 atom stereocenters. The van der Waals surface area contributed by atoms with Crippen LogP contribution in [0.5, 0.6) is 0 Å². The third kappa shape index (κ3) is 4.13. The van der Waals surface area contributed by atoms with Gasteiger partial charge in [0.2, 0.25) is 0 Å². The molecule has 1 aromatic rings. The standard InChI is InChI=1S/C17H29N/c1-6-7-8-9-10-16(18-5)17-14(3)11-13(2)12-15(17)4/h11-12,16,18H,6-10H2,1-5H3. The van der Waals surface area contributed by atoms with Crippen LogP contribution in [0.4, 0.5) is 0 Å². The molecule has 1 aromatic carbocycles. The first-order valence-electron chi connectivity index (χ1n) is 7.35. The maximum absolute atomic E-state index is 3.50. The van der Waals surface area contributed by atoms with Gasteiger partial charge in [-0.15, -0.1) is 0 Å². The number of hydrogen-bond acceptors (Lipinski definition) is 1. The minimum atomic E-state index is 0.516. The lowest BCUT2D eigenvalue weighted by atomic mass is 9.91. The summed E-state index contributed by atoms with van der Waals surface area (Å²) in [5.41, 5.74) is 5.75. The van der Waals surface area contributed by atoms with E-state index in [9.17, 15) is 0 Å². The molecule has 0 spiro atoms. The first-order valence-corrected chi connectivity index (χ1v) is 7.35. The van der Waals surface area contributed by atoms with Crippen molar-refractivity contribution in [1.29, 1.82) is 0 Å². The molecule has 0 radical (unpaired) electrons. The summed E-state index contributed by atoms with van der Waals surface area (Å²) in [6.07, 6.45) is 6.61. The second-order valence-electron chi connectivity index (χ2n) is 5.50. The van der Waals surface area contributed by atoms with Crippen molar-refractivity contribution < 1.29 is 0 Å². The number of hydrogen-bond donors (Lipinski definition) is 1. The molecule has 0 aliphatic rings. The van der Waals surface area contributed by atoms with Crippen molar-refractivity contribution in [3.63, 3.8) is 0 Å². The minimum absolute atomic E-state index is 0.516. The zero-order valence-electron chi connectivity index (χ0n) is 12.8. The second kappa shape index (κ2) is 7.58. The Morgan fingerprint density at radius 2 is 1.61 bits per heavy atom. The molecule has 18 heavy (non-hydrogen) atoms. The van der Waals surface area contributed by atoms with E-state index in [1.54, 1.807) is 0 Å². The van der Waals surface area contributed by atoms with Gasteiger partial charge >= 0.3 is 0 Å². The molecule has 0 bridgehead atoms. The molecule has 1 rings (SSSR count). The summed E-state index contributed by atoms with van der Waals surface area (Å²) in [7, 11) is 2.09. The first-order chi connectivity index (χ1) is 8.60. The van der Waals surface area contributed by atoms with E-state index in [2.05, 4.69) is 52.2 Å². The summed E-state index contributed by atoms with van der Waals surface area (Å²) in [6.45, 7) is 8.93. The van der Waals surface area contributed by atoms with Crippen molar-refractivity contribution in [2.75, 3.05) is 7.05 Å². The number of nitrogens with one attached hydrogen (secondary N) is 1. The monoisotopic (exact) mass is 247 g/mol. The van der Waals surface area contributed by atoms with Gasteiger partial charge in [0.1, 0.15) is 0 Å². The highest BCUT2D eigenvalue weighted by Gasteiger charge is 2.14. The predicted octanol–water partition coefficient (Wildman–Crippen LogP) is 4.84. The SMILES string of the molecule is CCCCCCC(NC)c1c(C)cc(C)cc1C. The smallest absolute Gasteiger partial charge is 0.0322 e. The highest BCUT2D eigenvalue weighted by atomic mass is 14.9. The number of aryl methyl sites for hydroxylation is 3. The minimum Gasteiger partial charge on any atom is -0.313 e. The van der Waals surface area contributed by atoms with Gasteiger partial charge in [-0.3, -0.25) is 0 Å². The molecule has 1 heteroatoms. The molecule has 1 N–H and O–H groups in total. The predicted molar refractivity (Wildman–Crippen MR) is 81.2 cm³/mol. The van der Waals surface area contributed by atoms with Gasteiger partial charge in [-0.25, -0.2) is 0 Å². The van der Waals surface area contributed by atoms with Gasteiger partial charge in [0.25, 0.3) is 0 Å². The summed E-state index contributed by atoms with van der Waals surface area (Å²) in [5.74, 6) is 0. The summed E-state index contributed by atoms with van der Waals surface area (Å²) in [4.78, 5) is 0. The Bertz CT molecular complexity index is 345. The molecule has 102 valence electrons. The lowest BCUT2D eigenvalue weighted by Crippen LogP contribution is -2.18. The van der Waals surface area contributed by atoms with Gasteiger partial charge in [0.15, 0.2) is 0 Å². The molecule has 0 aliphatic carbocycles. The van der Waals surface area contributed by atoms with Crippen LogP contribution < -0.4 is 5.32 Å². The molecule has 0 fully saturated rings. The average molecular weight is 247 g/mol. The van der Waals surface area contributed by atoms with E-state index >= 15 is 0 Å². The molecule has 1 nitrogen and oxygen atoms in total. The second-order valence-corrected chi connectivity index (χ2v) is 5.50. The third-order valence-corrected chi connectivity index (χ3v) is 3.78. The summed E-state index contributed by atoms with van der Waals surface area (Å²) in [5, 5.41) is 3.50. The van der Waals surface area contributed by atoms with Gasteiger partial charge in [-0.2, -0.15) is 0 Å². The maximum Gasteiger partial charge on any atom is 0.0322 e. The van der Waals surface area contributed by atoms with Gasteiger partial charge in [-0.1, -0.05) is 50.3 Å². The molecule has 0 saturated heterocycles. The van der Waals surface area contributed by atoms with E-state index in [0.29, 0.717) is 6.04 Å². The quantitative estimate of drug-likeness (QED) is 0.680. The van der Waals surface area contributed by atoms with Crippen LogP contribution in [0.2, 0.25) is 0 Å². The fraction of sp³-hybridized carbons (Fsp3) is 0.647. The van der Waals surface area contributed by atoms with Crippen LogP contribution in [0.15, 0.2) is 12.1 Å². The summed E-state index contributed by atoms with van der Waals surface area (Å²) < 4.78 is 0. The molecule has 0 amide bonds. The molecule has 0 aliphatic heterocycles. The Hall–Kier alpha value is -0.820. The van der Waals surface area contributed by atoms with E-state index in [1.807, 2.05) is 0 Å². The summed E-state index contributed by atoms with van der Waals surface area (Å²) in [6, 6.07) is 5.12. The molecule has 1 unspecified atom stereocenters. The fourth-order valence-electron chi connectivity index (χ4n) is 2.95. The fourth-order valence-corrected chi connectivity index (χ4v) is 2.95. The maximum atomic E-state index is 3.50. The highest BCUT2D eigenvalue weighted by molar-refractivity contribution is 5.39. The van der Waals surface area contributed by atoms with E-state index < -0.39 is 0 Å². The zero-order valence-corrected chi connectivity index (χ0v) is 12.8. The Balaban J connectivity index is 2.75. The lowest BCUT2D eigenvalue weighted by Gasteiger charge is -2.22. The van der Waals surface area contributed by atoms with E-state index in [0.717, 1.165) is 0 Å². The van der Waals surface area contributed by atoms with Crippen molar-refractivity contribution in [2.45, 2.75) is 65.8 Å². The van der Waals surface area contributed by atoms with Crippen LogP contribution in [0.3, 0.4) is 0 Å². The Morgan fingerprint density at radius 3 is 2.11 bits per heavy atom. The molecule has 0 aromatic heterocycles. The van der Waals surface area contributed by atoms with Gasteiger partial charge in [0.05, 0.1) is 0 Å². The number of benzene rings is 1. The Morgan fingerprint density at radius 1 is 1.00 bits per heavy atom. The van der Waals surface area contributed by atoms with Gasteiger partial charge in [0, 0.05) is 6.04 Å². The van der Waals surface area contributed by atoms with Crippen LogP contribution in [-0.4, -0.2) is 7.05 Å². The van der Waals surface area contributed by atoms with Crippen LogP contribution in [0.1, 0.15) is 67.3 Å². The van der Waals surface area contributed by atoms with E-state index in [4.69, 9.17) is 0 Å². The van der Waals surface area contributed by atoms with Crippen molar-refractivity contribution >= 4 is 0 Å². The average Bonchev–Trinajstić information content (AvgIpc) is 2.31. The van der Waals surface area contributed by atoms with Crippen molar-refractivity contribution in [3.8, 4) is 0 Å². The number of rotatable bonds is 7. The van der Waals surface area contributed by atoms with Gasteiger partial charge < -0.3 is 5.32 Å². The van der Waals surface area contributed by atoms with Crippen LogP contribution in [0.25, 0.3) is 0 Å². The third-order valence-electron chi connectivity index (χ3n) is 3.78. The number of unbranched alkanes of at least 4 members (excludes halogenated alkanes) is 3. The molecule has 0 saturated carbocycles. The lowest BCUT2D eigenvalue weighted by molar-refractivity contribution is 0.501. The zero-order chi connectivity index (χ0) is 13.5. The van der Waals surface area contributed by atoms with Crippen LogP contribution in [0, 0.1) is 20.8 Å². The molecule has 0 heterocycles. The highest BCUT2D eigenvalue weighted by Crippen LogP contribution is 2.27. The van der Waals surface area contributed by atoms with Crippen molar-refractivity contribution in [1.82, 2.24) is 5.32 Å². The normalized spacial score (nSPS) is 12.7. The van der Waals surface area contributed by atoms with Gasteiger partial charge in [-0.05, 0) is 50.9 Å². The van der Waals surface area contributed by atoms with E-state index in [1.165, 1.54) is 54.4 Å². The largest absolute Gasteiger partial charge is 0.313 e. The van der Waals surface area contributed by atoms with Crippen LogP contribution in [-0.2, 0) is 0 Å². The van der Waals surface area contributed by atoms with E-state index in [-0.39, 0.29) is 0 Å². The summed E-state index contributed by atoms with van der Waals surface area (Å²) >= 11 is 0. The Labute approximate surface area is 113 Å². The van der Waals surface area contributed by atoms with Crippen molar-refractivity contribution in [2.24, 2.45) is 0 Å². The molecular weight excluding hydrogens is 218 g/mol. The Kier molecular flexibility index (Phi) is 6.42. The van der Waals surface area contributed by atoms with Crippen molar-refractivity contribution in [3.05, 3.63) is 34.4 Å². The van der Waals surface area contributed by atoms with Crippen LogP contribution >= 0.6 is 0 Å².